The molecule has 1 fully saturated rings. The fourth-order valence-electron chi connectivity index (χ4n) is 4.27. The summed E-state index contributed by atoms with van der Waals surface area (Å²) in [7, 11) is 0. The first-order chi connectivity index (χ1) is 15.0. The number of nitrogens with zero attached hydrogens (tertiary/aromatic N) is 3. The third-order valence-corrected chi connectivity index (χ3v) is 6.65. The number of hydrogen-bond donors (Lipinski definition) is 0. The van der Waals surface area contributed by atoms with Crippen molar-refractivity contribution >= 4 is 34.8 Å². The quantitative estimate of drug-likeness (QED) is 0.301. The van der Waals surface area contributed by atoms with Crippen LogP contribution >= 0.6 is 34.8 Å². The SMILES string of the molecule is Cc1c(-c2ncc(C3CCCC3)o2)nn(-c2ccc(Cl)cc2Cl)c1-c1ccc(Cl)cc1. The van der Waals surface area contributed by atoms with Gasteiger partial charge in [-0.25, -0.2) is 9.67 Å². The lowest BCUT2D eigenvalue weighted by molar-refractivity contribution is 0.470. The second-order valence-electron chi connectivity index (χ2n) is 7.89. The molecule has 1 aliphatic carbocycles. The van der Waals surface area contributed by atoms with Gasteiger partial charge in [-0.1, -0.05) is 59.8 Å². The largest absolute Gasteiger partial charge is 0.440 e. The van der Waals surface area contributed by atoms with E-state index in [1.807, 2.05) is 48.1 Å². The van der Waals surface area contributed by atoms with Crippen LogP contribution in [-0.2, 0) is 0 Å². The van der Waals surface area contributed by atoms with Crippen molar-refractivity contribution in [3.63, 3.8) is 0 Å². The second-order valence-corrected chi connectivity index (χ2v) is 9.17. The van der Waals surface area contributed by atoms with Crippen LogP contribution in [0, 0.1) is 6.92 Å². The maximum Gasteiger partial charge on any atom is 0.247 e. The van der Waals surface area contributed by atoms with E-state index in [2.05, 4.69) is 4.98 Å². The van der Waals surface area contributed by atoms with Gasteiger partial charge >= 0.3 is 0 Å². The van der Waals surface area contributed by atoms with Gasteiger partial charge in [0.15, 0.2) is 5.69 Å². The third-order valence-electron chi connectivity index (χ3n) is 5.86. The Balaban J connectivity index is 1.67. The summed E-state index contributed by atoms with van der Waals surface area (Å²) in [5, 5.41) is 6.63. The molecule has 2 heterocycles. The summed E-state index contributed by atoms with van der Waals surface area (Å²) in [6.45, 7) is 2.02. The molecule has 5 rings (SSSR count). The van der Waals surface area contributed by atoms with Gasteiger partial charge in [0.1, 0.15) is 5.76 Å². The maximum atomic E-state index is 6.54. The topological polar surface area (TPSA) is 43.9 Å². The molecule has 1 aliphatic rings. The molecule has 0 saturated heterocycles. The zero-order valence-corrected chi connectivity index (χ0v) is 19.2. The summed E-state index contributed by atoms with van der Waals surface area (Å²) < 4.78 is 8.01. The summed E-state index contributed by atoms with van der Waals surface area (Å²) in [5.41, 5.74) is 4.24. The van der Waals surface area contributed by atoms with Crippen LogP contribution in [-0.4, -0.2) is 14.8 Å². The van der Waals surface area contributed by atoms with E-state index in [0.717, 1.165) is 41.1 Å². The summed E-state index contributed by atoms with van der Waals surface area (Å²) >= 11 is 18.8. The average molecular weight is 473 g/mol. The monoisotopic (exact) mass is 471 g/mol. The van der Waals surface area contributed by atoms with E-state index in [1.165, 1.54) is 12.8 Å². The van der Waals surface area contributed by atoms with Crippen LogP contribution in [0.5, 0.6) is 0 Å². The zero-order chi connectivity index (χ0) is 21.5. The maximum absolute atomic E-state index is 6.54. The lowest BCUT2D eigenvalue weighted by Crippen LogP contribution is -2.00. The van der Waals surface area contributed by atoms with Crippen molar-refractivity contribution in [2.75, 3.05) is 0 Å². The van der Waals surface area contributed by atoms with Crippen molar-refractivity contribution in [1.82, 2.24) is 14.8 Å². The first-order valence-corrected chi connectivity index (χ1v) is 11.4. The molecule has 7 heteroatoms. The van der Waals surface area contributed by atoms with Gasteiger partial charge in [0, 0.05) is 27.1 Å². The number of aromatic nitrogens is 3. The van der Waals surface area contributed by atoms with Crippen molar-refractivity contribution in [3.05, 3.63) is 75.1 Å². The van der Waals surface area contributed by atoms with E-state index in [-0.39, 0.29) is 0 Å². The first-order valence-electron chi connectivity index (χ1n) is 10.3. The van der Waals surface area contributed by atoms with Gasteiger partial charge in [0.2, 0.25) is 5.89 Å². The van der Waals surface area contributed by atoms with Crippen LogP contribution in [0.2, 0.25) is 15.1 Å². The molecule has 4 aromatic rings. The number of benzene rings is 2. The molecule has 31 heavy (non-hydrogen) atoms. The molecular formula is C24H20Cl3N3O. The van der Waals surface area contributed by atoms with Crippen molar-refractivity contribution in [1.29, 1.82) is 0 Å². The molecule has 4 nitrogen and oxygen atoms in total. The highest BCUT2D eigenvalue weighted by molar-refractivity contribution is 6.35. The van der Waals surface area contributed by atoms with E-state index < -0.39 is 0 Å². The number of halogens is 3. The molecule has 2 aromatic carbocycles. The lowest BCUT2D eigenvalue weighted by atomic mass is 10.1. The minimum atomic E-state index is 0.449. The van der Waals surface area contributed by atoms with Crippen LogP contribution in [0.3, 0.4) is 0 Å². The highest BCUT2D eigenvalue weighted by Gasteiger charge is 2.25. The lowest BCUT2D eigenvalue weighted by Gasteiger charge is -2.11. The van der Waals surface area contributed by atoms with Crippen molar-refractivity contribution in [2.24, 2.45) is 0 Å². The van der Waals surface area contributed by atoms with E-state index in [0.29, 0.717) is 32.6 Å². The van der Waals surface area contributed by atoms with E-state index >= 15 is 0 Å². The van der Waals surface area contributed by atoms with Gasteiger partial charge in [-0.05, 0) is 50.1 Å². The normalized spacial score (nSPS) is 14.5. The highest BCUT2D eigenvalue weighted by Crippen LogP contribution is 2.39. The Bertz CT molecular complexity index is 1240. The van der Waals surface area contributed by atoms with Crippen LogP contribution in [0.25, 0.3) is 28.5 Å². The molecule has 0 unspecified atom stereocenters. The summed E-state index contributed by atoms with van der Waals surface area (Å²) in [6, 6.07) is 13.0. The smallest absolute Gasteiger partial charge is 0.247 e. The standard InChI is InChI=1S/C24H20Cl3N3O/c1-14-22(24-28-13-21(31-24)15-4-2-3-5-15)29-30(20-11-10-18(26)12-19(20)27)23(14)16-6-8-17(25)9-7-16/h6-13,15H,2-5H2,1H3. The molecule has 2 aromatic heterocycles. The van der Waals surface area contributed by atoms with Gasteiger partial charge in [0.05, 0.1) is 22.6 Å². The van der Waals surface area contributed by atoms with E-state index in [9.17, 15) is 0 Å². The summed E-state index contributed by atoms with van der Waals surface area (Å²) in [5.74, 6) is 1.92. The minimum Gasteiger partial charge on any atom is -0.440 e. The first kappa shape index (κ1) is 20.6. The molecule has 1 saturated carbocycles. The van der Waals surface area contributed by atoms with Crippen molar-refractivity contribution in [2.45, 2.75) is 38.5 Å². The predicted octanol–water partition coefficient (Wildman–Crippen LogP) is 8.12. The van der Waals surface area contributed by atoms with Crippen molar-refractivity contribution in [3.8, 4) is 28.5 Å². The Labute approximate surface area is 195 Å². The van der Waals surface area contributed by atoms with Gasteiger partial charge in [-0.3, -0.25) is 0 Å². The number of hydrogen-bond acceptors (Lipinski definition) is 3. The van der Waals surface area contributed by atoms with Gasteiger partial charge in [-0.2, -0.15) is 5.10 Å². The fraction of sp³-hybridized carbons (Fsp3) is 0.250. The van der Waals surface area contributed by atoms with Gasteiger partial charge in [0.25, 0.3) is 0 Å². The molecular weight excluding hydrogens is 453 g/mol. The number of rotatable bonds is 4. The molecule has 158 valence electrons. The van der Waals surface area contributed by atoms with E-state index in [4.69, 9.17) is 44.3 Å². The Hall–Kier alpha value is -2.27. The van der Waals surface area contributed by atoms with Crippen molar-refractivity contribution < 1.29 is 4.42 Å². The van der Waals surface area contributed by atoms with Crippen LogP contribution < -0.4 is 0 Å². The van der Waals surface area contributed by atoms with Crippen LogP contribution in [0.4, 0.5) is 0 Å². The third kappa shape index (κ3) is 3.89. The minimum absolute atomic E-state index is 0.449. The molecule has 0 radical (unpaired) electrons. The fourth-order valence-corrected chi connectivity index (χ4v) is 4.88. The summed E-state index contributed by atoms with van der Waals surface area (Å²) in [4.78, 5) is 4.57. The Morgan fingerprint density at radius 2 is 1.68 bits per heavy atom. The zero-order valence-electron chi connectivity index (χ0n) is 16.9. The van der Waals surface area contributed by atoms with E-state index in [1.54, 1.807) is 12.1 Å². The number of oxazole rings is 1. The molecule has 0 amide bonds. The second kappa shape index (κ2) is 8.34. The average Bonchev–Trinajstić information content (AvgIpc) is 3.48. The Morgan fingerprint density at radius 1 is 0.968 bits per heavy atom. The molecule has 0 bridgehead atoms. The van der Waals surface area contributed by atoms with Gasteiger partial charge < -0.3 is 4.42 Å². The molecule has 0 spiro atoms. The van der Waals surface area contributed by atoms with Crippen LogP contribution in [0.15, 0.2) is 53.1 Å². The predicted molar refractivity (Wildman–Crippen MR) is 125 cm³/mol. The Kier molecular flexibility index (Phi) is 5.55. The molecule has 0 atom stereocenters. The van der Waals surface area contributed by atoms with Crippen LogP contribution in [0.1, 0.15) is 42.9 Å². The van der Waals surface area contributed by atoms with Gasteiger partial charge in [-0.15, -0.1) is 0 Å². The molecule has 0 aliphatic heterocycles. The highest BCUT2D eigenvalue weighted by atomic mass is 35.5. The molecule has 0 N–H and O–H groups in total. The Morgan fingerprint density at radius 3 is 2.39 bits per heavy atom. The summed E-state index contributed by atoms with van der Waals surface area (Å²) in [6.07, 6.45) is 6.63.